The quantitative estimate of drug-likeness (QED) is 0.768. The van der Waals surface area contributed by atoms with Gasteiger partial charge in [-0.3, -0.25) is 4.90 Å². The molecule has 0 radical (unpaired) electrons. The molecular formula is C13H23NO4. The van der Waals surface area contributed by atoms with Gasteiger partial charge in [-0.1, -0.05) is 12.2 Å². The molecule has 0 aromatic carbocycles. The third kappa shape index (κ3) is 3.71. The van der Waals surface area contributed by atoms with Crippen molar-refractivity contribution in [1.82, 2.24) is 4.90 Å². The Balaban J connectivity index is 2.85. The Morgan fingerprint density at radius 3 is 2.67 bits per heavy atom. The monoisotopic (exact) mass is 257 g/mol. The van der Waals surface area contributed by atoms with Crippen LogP contribution in [0.1, 0.15) is 34.6 Å². The fraction of sp³-hybridized carbons (Fsp3) is 0.769. The molecule has 1 aliphatic rings. The highest BCUT2D eigenvalue weighted by atomic mass is 16.6. The minimum Gasteiger partial charge on any atom is -0.444 e. The average molecular weight is 257 g/mol. The van der Waals surface area contributed by atoms with Gasteiger partial charge in [0, 0.05) is 0 Å². The first-order valence-electron chi connectivity index (χ1n) is 6.11. The van der Waals surface area contributed by atoms with E-state index < -0.39 is 17.4 Å². The lowest BCUT2D eigenvalue weighted by atomic mass is 10.2. The van der Waals surface area contributed by atoms with Crippen LogP contribution in [0.25, 0.3) is 0 Å². The van der Waals surface area contributed by atoms with Gasteiger partial charge in [0.15, 0.2) is 0 Å². The number of amides is 1. The SMILES string of the molecule is CC(C)(C)OC(=O)N1[C@H](/C=C/CO)COC1(C)C. The highest BCUT2D eigenvalue weighted by Gasteiger charge is 2.44. The van der Waals surface area contributed by atoms with Crippen molar-refractivity contribution in [3.8, 4) is 0 Å². The molecule has 1 fully saturated rings. The Labute approximate surface area is 108 Å². The lowest BCUT2D eigenvalue weighted by Crippen LogP contribution is -2.49. The summed E-state index contributed by atoms with van der Waals surface area (Å²) in [6.45, 7) is 9.48. The Hall–Kier alpha value is -1.07. The predicted molar refractivity (Wildman–Crippen MR) is 68.1 cm³/mol. The highest BCUT2D eigenvalue weighted by Crippen LogP contribution is 2.29. The van der Waals surface area contributed by atoms with Gasteiger partial charge in [0.25, 0.3) is 0 Å². The molecule has 1 heterocycles. The van der Waals surface area contributed by atoms with Crippen LogP contribution in [0.3, 0.4) is 0 Å². The normalized spacial score (nSPS) is 23.7. The molecule has 0 saturated carbocycles. The van der Waals surface area contributed by atoms with Crippen molar-refractivity contribution in [2.24, 2.45) is 0 Å². The number of hydrogen-bond donors (Lipinski definition) is 1. The molecule has 104 valence electrons. The highest BCUT2D eigenvalue weighted by molar-refractivity contribution is 5.70. The van der Waals surface area contributed by atoms with Crippen molar-refractivity contribution in [3.63, 3.8) is 0 Å². The zero-order valence-corrected chi connectivity index (χ0v) is 11.8. The van der Waals surface area contributed by atoms with E-state index in [1.807, 2.05) is 34.6 Å². The first kappa shape index (κ1) is 15.0. The molecule has 5 nitrogen and oxygen atoms in total. The summed E-state index contributed by atoms with van der Waals surface area (Å²) in [6, 6.07) is -0.206. The fourth-order valence-electron chi connectivity index (χ4n) is 1.86. The van der Waals surface area contributed by atoms with Crippen LogP contribution < -0.4 is 0 Å². The van der Waals surface area contributed by atoms with Crippen molar-refractivity contribution < 1.29 is 19.4 Å². The lowest BCUT2D eigenvalue weighted by molar-refractivity contribution is -0.0610. The van der Waals surface area contributed by atoms with E-state index in [2.05, 4.69) is 0 Å². The van der Waals surface area contributed by atoms with E-state index >= 15 is 0 Å². The molecule has 18 heavy (non-hydrogen) atoms. The van der Waals surface area contributed by atoms with Crippen LogP contribution in [0.15, 0.2) is 12.2 Å². The Bertz CT molecular complexity index is 330. The van der Waals surface area contributed by atoms with E-state index in [0.29, 0.717) is 6.61 Å². The summed E-state index contributed by atoms with van der Waals surface area (Å²) in [5.41, 5.74) is -1.24. The summed E-state index contributed by atoms with van der Waals surface area (Å²) >= 11 is 0. The lowest BCUT2D eigenvalue weighted by Gasteiger charge is -2.34. The van der Waals surface area contributed by atoms with Crippen molar-refractivity contribution in [2.45, 2.75) is 52.0 Å². The van der Waals surface area contributed by atoms with Gasteiger partial charge in [0.1, 0.15) is 11.3 Å². The molecule has 0 spiro atoms. The number of hydrogen-bond acceptors (Lipinski definition) is 4. The van der Waals surface area contributed by atoms with Gasteiger partial charge in [0.2, 0.25) is 0 Å². The number of aliphatic hydroxyl groups is 1. The number of nitrogens with zero attached hydrogens (tertiary/aromatic N) is 1. The maximum atomic E-state index is 12.2. The number of ether oxygens (including phenoxy) is 2. The third-order valence-electron chi connectivity index (χ3n) is 2.57. The second kappa shape index (κ2) is 5.28. The van der Waals surface area contributed by atoms with Crippen LogP contribution in [-0.2, 0) is 9.47 Å². The molecule has 1 N–H and O–H groups in total. The van der Waals surface area contributed by atoms with Gasteiger partial charge in [-0.15, -0.1) is 0 Å². The zero-order valence-electron chi connectivity index (χ0n) is 11.8. The first-order valence-corrected chi connectivity index (χ1v) is 6.11. The molecule has 1 rings (SSSR count). The van der Waals surface area contributed by atoms with Crippen molar-refractivity contribution >= 4 is 6.09 Å². The Morgan fingerprint density at radius 2 is 2.17 bits per heavy atom. The number of carbonyl (C=O) groups excluding carboxylic acids is 1. The summed E-state index contributed by atoms with van der Waals surface area (Å²) < 4.78 is 11.0. The van der Waals surface area contributed by atoms with Gasteiger partial charge in [0.05, 0.1) is 19.3 Å². The molecule has 1 amide bonds. The van der Waals surface area contributed by atoms with E-state index in [9.17, 15) is 4.79 Å². The van der Waals surface area contributed by atoms with Gasteiger partial charge in [-0.25, -0.2) is 4.79 Å². The van der Waals surface area contributed by atoms with Crippen LogP contribution in [0.5, 0.6) is 0 Å². The summed E-state index contributed by atoms with van der Waals surface area (Å²) in [5, 5.41) is 8.81. The van der Waals surface area contributed by atoms with Crippen molar-refractivity contribution in [3.05, 3.63) is 12.2 Å². The average Bonchev–Trinajstić information content (AvgIpc) is 2.48. The summed E-state index contributed by atoms with van der Waals surface area (Å²) in [7, 11) is 0. The second-order valence-electron chi connectivity index (χ2n) is 5.79. The van der Waals surface area contributed by atoms with Crippen LogP contribution >= 0.6 is 0 Å². The minimum absolute atomic E-state index is 0.0565. The van der Waals surface area contributed by atoms with Gasteiger partial charge >= 0.3 is 6.09 Å². The number of carbonyl (C=O) groups is 1. The number of aliphatic hydroxyl groups excluding tert-OH is 1. The molecule has 0 unspecified atom stereocenters. The second-order valence-corrected chi connectivity index (χ2v) is 5.79. The van der Waals surface area contributed by atoms with E-state index in [-0.39, 0.29) is 12.6 Å². The maximum Gasteiger partial charge on any atom is 0.413 e. The molecule has 0 bridgehead atoms. The standard InChI is InChI=1S/C13H23NO4/c1-12(2,3)18-11(16)14-10(7-6-8-15)9-17-13(14,4)5/h6-7,10,15H,8-9H2,1-5H3/b7-6+/t10-/m1/s1. The first-order chi connectivity index (χ1) is 8.17. The largest absolute Gasteiger partial charge is 0.444 e. The van der Waals surface area contributed by atoms with Crippen LogP contribution in [0.2, 0.25) is 0 Å². The minimum atomic E-state index is -0.702. The summed E-state index contributed by atoms with van der Waals surface area (Å²) in [5.74, 6) is 0. The van der Waals surface area contributed by atoms with Crippen molar-refractivity contribution in [2.75, 3.05) is 13.2 Å². The smallest absolute Gasteiger partial charge is 0.413 e. The zero-order chi connectivity index (χ0) is 14.0. The van der Waals surface area contributed by atoms with E-state index in [1.54, 1.807) is 17.1 Å². The third-order valence-corrected chi connectivity index (χ3v) is 2.57. The molecule has 0 aliphatic carbocycles. The van der Waals surface area contributed by atoms with Crippen LogP contribution in [-0.4, -0.2) is 46.7 Å². The van der Waals surface area contributed by atoms with Gasteiger partial charge in [-0.2, -0.15) is 0 Å². The van der Waals surface area contributed by atoms with E-state index in [4.69, 9.17) is 14.6 Å². The summed E-state index contributed by atoms with van der Waals surface area (Å²) in [6.07, 6.45) is 2.96. The van der Waals surface area contributed by atoms with Crippen molar-refractivity contribution in [1.29, 1.82) is 0 Å². The van der Waals surface area contributed by atoms with E-state index in [1.165, 1.54) is 0 Å². The Morgan fingerprint density at radius 1 is 1.56 bits per heavy atom. The maximum absolute atomic E-state index is 12.2. The molecular weight excluding hydrogens is 234 g/mol. The summed E-state index contributed by atoms with van der Waals surface area (Å²) in [4.78, 5) is 13.7. The van der Waals surface area contributed by atoms with Crippen LogP contribution in [0, 0.1) is 0 Å². The molecule has 0 aromatic heterocycles. The van der Waals surface area contributed by atoms with Gasteiger partial charge in [-0.05, 0) is 34.6 Å². The molecule has 1 atom stereocenters. The molecule has 1 aliphatic heterocycles. The van der Waals surface area contributed by atoms with E-state index in [0.717, 1.165) is 0 Å². The molecule has 0 aromatic rings. The van der Waals surface area contributed by atoms with Crippen LogP contribution in [0.4, 0.5) is 4.79 Å². The Kier molecular flexibility index (Phi) is 4.40. The molecule has 5 heteroatoms. The molecule has 1 saturated heterocycles. The predicted octanol–water partition coefficient (Wildman–Crippen LogP) is 1.91. The topological polar surface area (TPSA) is 59.0 Å². The fourth-order valence-corrected chi connectivity index (χ4v) is 1.86. The van der Waals surface area contributed by atoms with Gasteiger partial charge < -0.3 is 14.6 Å². The number of rotatable bonds is 2.